The summed E-state index contributed by atoms with van der Waals surface area (Å²) in [6.07, 6.45) is 3.40. The van der Waals surface area contributed by atoms with Crippen molar-refractivity contribution in [1.82, 2.24) is 0 Å². The molecule has 2 heteroatoms. The van der Waals surface area contributed by atoms with E-state index >= 15 is 0 Å². The van der Waals surface area contributed by atoms with Gasteiger partial charge < -0.3 is 4.43 Å². The van der Waals surface area contributed by atoms with Gasteiger partial charge in [-0.3, -0.25) is 0 Å². The zero-order valence-electron chi connectivity index (χ0n) is 12.7. The molecule has 1 aromatic rings. The molecule has 0 saturated heterocycles. The van der Waals surface area contributed by atoms with Crippen LogP contribution in [0.2, 0.25) is 18.1 Å². The molecule has 0 radical (unpaired) electrons. The van der Waals surface area contributed by atoms with E-state index in [1.165, 1.54) is 29.5 Å². The lowest BCUT2D eigenvalue weighted by Crippen LogP contribution is -2.40. The van der Waals surface area contributed by atoms with Crippen molar-refractivity contribution in [3.05, 3.63) is 47.7 Å². The first-order valence-electron chi connectivity index (χ1n) is 7.54. The molecule has 1 atom stereocenters. The van der Waals surface area contributed by atoms with E-state index in [0.717, 1.165) is 6.42 Å². The van der Waals surface area contributed by atoms with E-state index in [2.05, 4.69) is 64.1 Å². The van der Waals surface area contributed by atoms with Crippen LogP contribution in [0, 0.1) is 0 Å². The fraction of sp³-hybridized carbons (Fsp3) is 0.529. The Bertz CT molecular complexity index is 439. The molecule has 0 aliphatic heterocycles. The normalized spacial score (nSPS) is 22.6. The average Bonchev–Trinajstić information content (AvgIpc) is 2.43. The van der Waals surface area contributed by atoms with Crippen molar-refractivity contribution >= 4 is 8.32 Å². The third-order valence-electron chi connectivity index (χ3n) is 4.73. The number of allylic oxidation sites excluding steroid dienone is 2. The molecule has 0 bridgehead atoms. The fourth-order valence-electron chi connectivity index (χ4n) is 3.00. The molecule has 1 aliphatic rings. The molecule has 0 amide bonds. The van der Waals surface area contributed by atoms with Crippen LogP contribution in [0.5, 0.6) is 0 Å². The van der Waals surface area contributed by atoms with Crippen LogP contribution >= 0.6 is 0 Å². The summed E-state index contributed by atoms with van der Waals surface area (Å²) in [7, 11) is -1.48. The fourth-order valence-corrected chi connectivity index (χ4v) is 5.62. The summed E-state index contributed by atoms with van der Waals surface area (Å²) in [4.78, 5) is 0. The molecular weight excluding hydrogens is 248 g/mol. The van der Waals surface area contributed by atoms with Crippen LogP contribution < -0.4 is 0 Å². The number of benzene rings is 1. The molecule has 0 heterocycles. The maximum Gasteiger partial charge on any atom is 0.250 e. The predicted octanol–water partition coefficient (Wildman–Crippen LogP) is 5.25. The molecule has 1 aromatic carbocycles. The Kier molecular flexibility index (Phi) is 4.19. The minimum atomic E-state index is -1.48. The summed E-state index contributed by atoms with van der Waals surface area (Å²) in [6.45, 7) is 9.17. The third-order valence-corrected chi connectivity index (χ3v) is 9.30. The van der Waals surface area contributed by atoms with Gasteiger partial charge in [0.1, 0.15) is 0 Å². The first kappa shape index (κ1) is 14.4. The second-order valence-corrected chi connectivity index (χ2v) is 10.6. The first-order valence-corrected chi connectivity index (χ1v) is 10.1. The zero-order valence-corrected chi connectivity index (χ0v) is 13.7. The molecule has 1 nitrogen and oxygen atoms in total. The largest absolute Gasteiger partial charge is 0.547 e. The monoisotopic (exact) mass is 274 g/mol. The van der Waals surface area contributed by atoms with E-state index in [1.54, 1.807) is 0 Å². The second-order valence-electron chi connectivity index (χ2n) is 5.92. The van der Waals surface area contributed by atoms with Crippen LogP contribution in [-0.4, -0.2) is 8.32 Å². The molecule has 0 spiro atoms. The predicted molar refractivity (Wildman–Crippen MR) is 84.8 cm³/mol. The van der Waals surface area contributed by atoms with Crippen molar-refractivity contribution in [1.29, 1.82) is 0 Å². The minimum absolute atomic E-state index is 0.186. The lowest BCUT2D eigenvalue weighted by atomic mass is 9.71. The highest BCUT2D eigenvalue weighted by Gasteiger charge is 2.39. The van der Waals surface area contributed by atoms with Crippen LogP contribution in [0.4, 0.5) is 0 Å². The van der Waals surface area contributed by atoms with Gasteiger partial charge in [0, 0.05) is 11.8 Å². The lowest BCUT2D eigenvalue weighted by Gasteiger charge is -2.41. The molecule has 0 aromatic heterocycles. The van der Waals surface area contributed by atoms with Gasteiger partial charge in [0.15, 0.2) is 0 Å². The lowest BCUT2D eigenvalue weighted by molar-refractivity contribution is 0.309. The molecule has 104 valence electrons. The molecule has 0 unspecified atom stereocenters. The van der Waals surface area contributed by atoms with E-state index in [-0.39, 0.29) is 5.41 Å². The Morgan fingerprint density at radius 3 is 2.05 bits per heavy atom. The quantitative estimate of drug-likeness (QED) is 0.643. The van der Waals surface area contributed by atoms with Crippen LogP contribution in [0.3, 0.4) is 0 Å². The molecule has 19 heavy (non-hydrogen) atoms. The van der Waals surface area contributed by atoms with Crippen molar-refractivity contribution in [3.8, 4) is 0 Å². The van der Waals surface area contributed by atoms with Crippen molar-refractivity contribution in [3.63, 3.8) is 0 Å². The van der Waals surface area contributed by atoms with Gasteiger partial charge >= 0.3 is 0 Å². The van der Waals surface area contributed by atoms with Crippen LogP contribution in [0.25, 0.3) is 0 Å². The molecule has 2 rings (SSSR count). The minimum Gasteiger partial charge on any atom is -0.547 e. The van der Waals surface area contributed by atoms with E-state index in [4.69, 9.17) is 4.43 Å². The average molecular weight is 274 g/mol. The van der Waals surface area contributed by atoms with Gasteiger partial charge in [-0.15, -0.1) is 0 Å². The van der Waals surface area contributed by atoms with Gasteiger partial charge in [0.2, 0.25) is 8.32 Å². The molecule has 0 saturated carbocycles. The molecule has 0 fully saturated rings. The summed E-state index contributed by atoms with van der Waals surface area (Å²) in [5.74, 6) is 1.24. The highest BCUT2D eigenvalue weighted by atomic mass is 28.4. The number of hydrogen-bond acceptors (Lipinski definition) is 1. The van der Waals surface area contributed by atoms with Gasteiger partial charge in [0.25, 0.3) is 0 Å². The maximum atomic E-state index is 6.44. The van der Waals surface area contributed by atoms with Crippen molar-refractivity contribution < 1.29 is 4.43 Å². The van der Waals surface area contributed by atoms with Gasteiger partial charge in [-0.25, -0.2) is 0 Å². The zero-order chi connectivity index (χ0) is 13.9. The summed E-state index contributed by atoms with van der Waals surface area (Å²) in [5, 5.41) is 0. The van der Waals surface area contributed by atoms with E-state index in [0.29, 0.717) is 0 Å². The van der Waals surface area contributed by atoms with Crippen molar-refractivity contribution in [2.45, 2.75) is 57.7 Å². The SMILES string of the molecule is CC[Si](CC)(CC)OC1=C[C@@](C)(c2ccccc2)C1. The van der Waals surface area contributed by atoms with Crippen LogP contribution in [0.1, 0.15) is 39.7 Å². The Labute approximate surface area is 118 Å². The molecule has 1 aliphatic carbocycles. The highest BCUT2D eigenvalue weighted by Crippen LogP contribution is 2.43. The van der Waals surface area contributed by atoms with Gasteiger partial charge in [-0.05, 0) is 29.8 Å². The number of rotatable bonds is 6. The van der Waals surface area contributed by atoms with Crippen LogP contribution in [-0.2, 0) is 9.84 Å². The number of hydrogen-bond donors (Lipinski definition) is 0. The summed E-state index contributed by atoms with van der Waals surface area (Å²) < 4.78 is 6.44. The maximum absolute atomic E-state index is 6.44. The van der Waals surface area contributed by atoms with Crippen molar-refractivity contribution in [2.24, 2.45) is 0 Å². The third kappa shape index (κ3) is 2.79. The van der Waals surface area contributed by atoms with Crippen molar-refractivity contribution in [2.75, 3.05) is 0 Å². The Morgan fingerprint density at radius 1 is 1.05 bits per heavy atom. The second kappa shape index (κ2) is 5.54. The summed E-state index contributed by atoms with van der Waals surface area (Å²) >= 11 is 0. The van der Waals surface area contributed by atoms with Gasteiger partial charge in [0.05, 0.1) is 5.76 Å². The van der Waals surface area contributed by atoms with Gasteiger partial charge in [-0.2, -0.15) is 0 Å². The van der Waals surface area contributed by atoms with Gasteiger partial charge in [-0.1, -0.05) is 58.0 Å². The first-order chi connectivity index (χ1) is 9.07. The standard InChI is InChI=1S/C17H26OSi/c1-5-19(6-2,7-3)18-16-13-17(4,14-16)15-11-9-8-10-12-15/h8-13H,5-7,14H2,1-4H3/t17-/m1/s1. The summed E-state index contributed by atoms with van der Waals surface area (Å²) in [5.41, 5.74) is 1.59. The Morgan fingerprint density at radius 2 is 1.58 bits per heavy atom. The topological polar surface area (TPSA) is 9.23 Å². The summed E-state index contributed by atoms with van der Waals surface area (Å²) in [6, 6.07) is 14.4. The van der Waals surface area contributed by atoms with E-state index < -0.39 is 8.32 Å². The Balaban J connectivity index is 2.10. The molecular formula is C17H26OSi. The Hall–Kier alpha value is -1.02. The smallest absolute Gasteiger partial charge is 0.250 e. The van der Waals surface area contributed by atoms with E-state index in [1.807, 2.05) is 0 Å². The molecule has 0 N–H and O–H groups in total. The van der Waals surface area contributed by atoms with E-state index in [9.17, 15) is 0 Å². The van der Waals surface area contributed by atoms with Crippen LogP contribution in [0.15, 0.2) is 42.2 Å². The highest BCUT2D eigenvalue weighted by molar-refractivity contribution is 6.73.